The Balaban J connectivity index is 1.75. The molecule has 7 heteroatoms. The smallest absolute Gasteiger partial charge is 0.158 e. The number of rotatable bonds is 2. The Morgan fingerprint density at radius 3 is 2.75 bits per heavy atom. The molecule has 0 aliphatic rings. The lowest BCUT2D eigenvalue weighted by Crippen LogP contribution is -1.92. The Hall–Kier alpha value is -2.93. The molecule has 0 spiro atoms. The van der Waals surface area contributed by atoms with Crippen LogP contribution in [0.3, 0.4) is 0 Å². The SMILES string of the molecule is Brc1ccc2oc(-c3nnc(-c4ccco4)c4nocc34)cc2c1. The minimum Gasteiger partial charge on any atom is -0.463 e. The summed E-state index contributed by atoms with van der Waals surface area (Å²) in [6.45, 7) is 0. The molecule has 0 saturated heterocycles. The second-order valence-corrected chi connectivity index (χ2v) is 6.16. The van der Waals surface area contributed by atoms with Gasteiger partial charge in [-0.2, -0.15) is 0 Å². The van der Waals surface area contributed by atoms with Crippen molar-refractivity contribution in [1.29, 1.82) is 0 Å². The van der Waals surface area contributed by atoms with E-state index in [9.17, 15) is 0 Å². The Labute approximate surface area is 143 Å². The second kappa shape index (κ2) is 5.04. The van der Waals surface area contributed by atoms with E-state index < -0.39 is 0 Å². The molecule has 1 aromatic carbocycles. The maximum atomic E-state index is 5.90. The van der Waals surface area contributed by atoms with Crippen LogP contribution in [0, 0.1) is 0 Å². The lowest BCUT2D eigenvalue weighted by Gasteiger charge is -1.99. The third-order valence-corrected chi connectivity index (χ3v) is 4.26. The average Bonchev–Trinajstić information content (AvgIpc) is 3.32. The fourth-order valence-electron chi connectivity index (χ4n) is 2.67. The normalized spacial score (nSPS) is 11.5. The highest BCUT2D eigenvalue weighted by molar-refractivity contribution is 9.10. The van der Waals surface area contributed by atoms with Crippen molar-refractivity contribution in [3.8, 4) is 22.9 Å². The van der Waals surface area contributed by atoms with Crippen molar-refractivity contribution in [3.63, 3.8) is 0 Å². The van der Waals surface area contributed by atoms with E-state index in [1.165, 1.54) is 6.26 Å². The zero-order valence-corrected chi connectivity index (χ0v) is 13.6. The lowest BCUT2D eigenvalue weighted by atomic mass is 10.1. The summed E-state index contributed by atoms with van der Waals surface area (Å²) >= 11 is 3.46. The van der Waals surface area contributed by atoms with E-state index in [1.807, 2.05) is 24.3 Å². The van der Waals surface area contributed by atoms with Gasteiger partial charge in [-0.25, -0.2) is 0 Å². The molecule has 0 radical (unpaired) electrons. The van der Waals surface area contributed by atoms with Gasteiger partial charge in [0.25, 0.3) is 0 Å². The van der Waals surface area contributed by atoms with E-state index in [4.69, 9.17) is 13.4 Å². The molecular weight excluding hydrogens is 374 g/mol. The van der Waals surface area contributed by atoms with Crippen molar-refractivity contribution in [3.05, 3.63) is 53.4 Å². The highest BCUT2D eigenvalue weighted by Gasteiger charge is 2.19. The first kappa shape index (κ1) is 13.5. The van der Waals surface area contributed by atoms with Crippen LogP contribution >= 0.6 is 15.9 Å². The zero-order chi connectivity index (χ0) is 16.1. The number of furan rings is 2. The summed E-state index contributed by atoms with van der Waals surface area (Å²) in [7, 11) is 0. The Morgan fingerprint density at radius 1 is 0.958 bits per heavy atom. The molecule has 0 aliphatic heterocycles. The lowest BCUT2D eigenvalue weighted by molar-refractivity contribution is 0.428. The standard InChI is InChI=1S/C17H8BrN3O3/c18-10-3-4-12-9(6-10)7-14(24-12)15-11-8-23-21-16(11)17(20-19-15)13-2-1-5-22-13/h1-8H. The molecule has 4 heterocycles. The number of hydrogen-bond acceptors (Lipinski definition) is 6. The van der Waals surface area contributed by atoms with Gasteiger partial charge in [-0.1, -0.05) is 21.1 Å². The van der Waals surface area contributed by atoms with Crippen LogP contribution in [0.25, 0.3) is 44.8 Å². The number of benzene rings is 1. The van der Waals surface area contributed by atoms with Crippen molar-refractivity contribution in [2.45, 2.75) is 0 Å². The van der Waals surface area contributed by atoms with Crippen molar-refractivity contribution in [2.24, 2.45) is 0 Å². The van der Waals surface area contributed by atoms with Crippen LogP contribution in [-0.2, 0) is 0 Å². The maximum Gasteiger partial charge on any atom is 0.158 e. The van der Waals surface area contributed by atoms with Crippen molar-refractivity contribution >= 4 is 37.8 Å². The first-order valence-corrected chi connectivity index (χ1v) is 7.93. The predicted molar refractivity (Wildman–Crippen MR) is 90.2 cm³/mol. The van der Waals surface area contributed by atoms with E-state index in [0.29, 0.717) is 28.4 Å². The quantitative estimate of drug-likeness (QED) is 0.425. The van der Waals surface area contributed by atoms with Crippen LogP contribution in [0.4, 0.5) is 0 Å². The molecule has 0 amide bonds. The van der Waals surface area contributed by atoms with E-state index >= 15 is 0 Å². The predicted octanol–water partition coefficient (Wildman–Crippen LogP) is 5.05. The molecule has 24 heavy (non-hydrogen) atoms. The minimum atomic E-state index is 0.534. The van der Waals surface area contributed by atoms with Gasteiger partial charge in [0.2, 0.25) is 0 Å². The molecule has 0 bridgehead atoms. The van der Waals surface area contributed by atoms with Crippen molar-refractivity contribution in [2.75, 3.05) is 0 Å². The summed E-state index contributed by atoms with van der Waals surface area (Å²) in [5.41, 5.74) is 2.46. The van der Waals surface area contributed by atoms with Gasteiger partial charge in [0.05, 0.1) is 11.6 Å². The second-order valence-electron chi connectivity index (χ2n) is 5.24. The molecule has 0 unspecified atom stereocenters. The van der Waals surface area contributed by atoms with E-state index in [2.05, 4.69) is 31.3 Å². The van der Waals surface area contributed by atoms with Gasteiger partial charge in [0, 0.05) is 9.86 Å². The maximum absolute atomic E-state index is 5.90. The molecule has 116 valence electrons. The molecule has 0 atom stereocenters. The van der Waals surface area contributed by atoms with Gasteiger partial charge in [0.15, 0.2) is 17.2 Å². The number of nitrogens with zero attached hydrogens (tertiary/aromatic N) is 3. The van der Waals surface area contributed by atoms with Crippen LogP contribution < -0.4 is 0 Å². The third kappa shape index (κ3) is 1.98. The largest absolute Gasteiger partial charge is 0.463 e. The molecule has 0 N–H and O–H groups in total. The summed E-state index contributed by atoms with van der Waals surface area (Å²) in [4.78, 5) is 0. The highest BCUT2D eigenvalue weighted by atomic mass is 79.9. The molecule has 4 aromatic heterocycles. The summed E-state index contributed by atoms with van der Waals surface area (Å²) in [5.74, 6) is 1.19. The van der Waals surface area contributed by atoms with E-state index in [-0.39, 0.29) is 0 Å². The average molecular weight is 382 g/mol. The minimum absolute atomic E-state index is 0.534. The van der Waals surface area contributed by atoms with Crippen LogP contribution in [-0.4, -0.2) is 15.4 Å². The van der Waals surface area contributed by atoms with Gasteiger partial charge in [-0.15, -0.1) is 10.2 Å². The monoisotopic (exact) mass is 381 g/mol. The fourth-order valence-corrected chi connectivity index (χ4v) is 3.05. The van der Waals surface area contributed by atoms with Gasteiger partial charge < -0.3 is 13.4 Å². The summed E-state index contributed by atoms with van der Waals surface area (Å²) in [6.07, 6.45) is 3.11. The van der Waals surface area contributed by atoms with Crippen LogP contribution in [0.2, 0.25) is 0 Å². The Kier molecular flexibility index (Phi) is 2.83. The first-order valence-electron chi connectivity index (χ1n) is 7.14. The number of fused-ring (bicyclic) bond motifs is 2. The van der Waals surface area contributed by atoms with Gasteiger partial charge >= 0.3 is 0 Å². The molecule has 0 fully saturated rings. The molecule has 0 aliphatic carbocycles. The number of halogens is 1. The third-order valence-electron chi connectivity index (χ3n) is 3.77. The van der Waals surface area contributed by atoms with Crippen LogP contribution in [0.1, 0.15) is 0 Å². The van der Waals surface area contributed by atoms with Gasteiger partial charge in [0.1, 0.15) is 23.1 Å². The van der Waals surface area contributed by atoms with Crippen molar-refractivity contribution < 1.29 is 13.4 Å². The summed E-state index contributed by atoms with van der Waals surface area (Å²) in [5, 5.41) is 14.3. The first-order chi connectivity index (χ1) is 11.8. The fraction of sp³-hybridized carbons (Fsp3) is 0. The van der Waals surface area contributed by atoms with Crippen molar-refractivity contribution in [1.82, 2.24) is 15.4 Å². The van der Waals surface area contributed by atoms with E-state index in [1.54, 1.807) is 18.4 Å². The highest BCUT2D eigenvalue weighted by Crippen LogP contribution is 2.34. The molecule has 0 saturated carbocycles. The Morgan fingerprint density at radius 2 is 1.88 bits per heavy atom. The van der Waals surface area contributed by atoms with Gasteiger partial charge in [-0.3, -0.25) is 0 Å². The summed E-state index contributed by atoms with van der Waals surface area (Å²) in [6, 6.07) is 11.3. The number of hydrogen-bond donors (Lipinski definition) is 0. The molecular formula is C17H8BrN3O3. The summed E-state index contributed by atoms with van der Waals surface area (Å²) < 4.78 is 17.4. The van der Waals surface area contributed by atoms with Gasteiger partial charge in [-0.05, 0) is 36.4 Å². The topological polar surface area (TPSA) is 78.1 Å². The zero-order valence-electron chi connectivity index (χ0n) is 12.1. The molecule has 5 rings (SSSR count). The van der Waals surface area contributed by atoms with Crippen LogP contribution in [0.5, 0.6) is 0 Å². The molecule has 6 nitrogen and oxygen atoms in total. The van der Waals surface area contributed by atoms with E-state index in [0.717, 1.165) is 20.8 Å². The molecule has 5 aromatic rings. The van der Waals surface area contributed by atoms with Crippen LogP contribution in [0.15, 0.2) is 66.8 Å². The number of aromatic nitrogens is 3. The Bertz CT molecular complexity index is 1170.